The minimum atomic E-state index is -0.477. The van der Waals surface area contributed by atoms with Crippen LogP contribution in [-0.4, -0.2) is 43.9 Å². The van der Waals surface area contributed by atoms with E-state index in [1.807, 2.05) is 31.6 Å². The molecule has 1 aliphatic carbocycles. The van der Waals surface area contributed by atoms with Gasteiger partial charge in [0.05, 0.1) is 17.8 Å². The number of nitrogens with one attached hydrogen (secondary N) is 1. The molecule has 1 amide bonds. The molecule has 1 fully saturated rings. The van der Waals surface area contributed by atoms with Gasteiger partial charge >= 0.3 is 6.09 Å². The van der Waals surface area contributed by atoms with Crippen LogP contribution in [0.2, 0.25) is 0 Å². The molecule has 1 heterocycles. The van der Waals surface area contributed by atoms with Crippen molar-refractivity contribution >= 4 is 6.09 Å². The summed E-state index contributed by atoms with van der Waals surface area (Å²) in [5.74, 6) is 0. The van der Waals surface area contributed by atoms with Crippen molar-refractivity contribution in [3.63, 3.8) is 0 Å². The zero-order valence-electron chi connectivity index (χ0n) is 13.0. The Morgan fingerprint density at radius 1 is 1.57 bits per heavy atom. The van der Waals surface area contributed by atoms with Crippen molar-refractivity contribution in [3.05, 3.63) is 11.9 Å². The van der Waals surface area contributed by atoms with Gasteiger partial charge in [-0.2, -0.15) is 0 Å². The molecular formula is C14H24N4O3. The van der Waals surface area contributed by atoms with E-state index in [1.54, 1.807) is 6.92 Å². The van der Waals surface area contributed by atoms with Crippen LogP contribution in [0.3, 0.4) is 0 Å². The van der Waals surface area contributed by atoms with Crippen molar-refractivity contribution in [2.24, 2.45) is 0 Å². The molecule has 0 aliphatic heterocycles. The van der Waals surface area contributed by atoms with E-state index in [2.05, 4.69) is 15.6 Å². The number of alkyl carbamates (subject to hydrolysis) is 1. The number of carbonyl (C=O) groups excluding carboxylic acids is 1. The number of rotatable bonds is 4. The van der Waals surface area contributed by atoms with Crippen LogP contribution in [0.1, 0.15) is 52.3 Å². The first-order chi connectivity index (χ1) is 9.73. The van der Waals surface area contributed by atoms with E-state index in [-0.39, 0.29) is 18.2 Å². The summed E-state index contributed by atoms with van der Waals surface area (Å²) < 4.78 is 7.03. The Balaban J connectivity index is 1.76. The maximum atomic E-state index is 11.6. The Kier molecular flexibility index (Phi) is 4.51. The van der Waals surface area contributed by atoms with Crippen LogP contribution >= 0.6 is 0 Å². The van der Waals surface area contributed by atoms with Gasteiger partial charge in [0, 0.05) is 18.7 Å². The Bertz CT molecular complexity index is 487. The molecule has 0 spiro atoms. The van der Waals surface area contributed by atoms with Gasteiger partial charge in [-0.3, -0.25) is 0 Å². The van der Waals surface area contributed by atoms with Gasteiger partial charge in [-0.1, -0.05) is 5.21 Å². The van der Waals surface area contributed by atoms with Crippen LogP contribution in [0.15, 0.2) is 6.20 Å². The van der Waals surface area contributed by atoms with Crippen molar-refractivity contribution in [1.82, 2.24) is 20.3 Å². The summed E-state index contributed by atoms with van der Waals surface area (Å²) in [6.45, 7) is 7.25. The van der Waals surface area contributed by atoms with Gasteiger partial charge in [-0.15, -0.1) is 5.10 Å². The molecule has 0 saturated heterocycles. The van der Waals surface area contributed by atoms with Crippen molar-refractivity contribution in [3.8, 4) is 0 Å². The number of aliphatic hydroxyl groups is 1. The average molecular weight is 296 g/mol. The Morgan fingerprint density at radius 3 is 2.81 bits per heavy atom. The highest BCUT2D eigenvalue weighted by Gasteiger charge is 2.33. The molecule has 0 bridgehead atoms. The Hall–Kier alpha value is -1.63. The molecule has 1 aromatic rings. The van der Waals surface area contributed by atoms with Crippen molar-refractivity contribution in [1.29, 1.82) is 0 Å². The van der Waals surface area contributed by atoms with Crippen LogP contribution in [0.4, 0.5) is 4.79 Å². The lowest BCUT2D eigenvalue weighted by Crippen LogP contribution is -2.46. The molecule has 21 heavy (non-hydrogen) atoms. The summed E-state index contributed by atoms with van der Waals surface area (Å²) in [7, 11) is 0. The molecule has 1 saturated carbocycles. The van der Waals surface area contributed by atoms with Crippen LogP contribution in [0.5, 0.6) is 0 Å². The van der Waals surface area contributed by atoms with Gasteiger partial charge in [-0.25, -0.2) is 9.48 Å². The second-order valence-electron chi connectivity index (χ2n) is 6.71. The topological polar surface area (TPSA) is 89.3 Å². The first kappa shape index (κ1) is 15.8. The summed E-state index contributed by atoms with van der Waals surface area (Å²) >= 11 is 0. The molecular weight excluding hydrogens is 272 g/mol. The van der Waals surface area contributed by atoms with Crippen LogP contribution in [-0.2, 0) is 11.2 Å². The lowest BCUT2D eigenvalue weighted by atomic mass is 9.87. The molecule has 2 rings (SSSR count). The second-order valence-corrected chi connectivity index (χ2v) is 6.71. The molecule has 2 N–H and O–H groups in total. The molecule has 7 nitrogen and oxygen atoms in total. The summed E-state index contributed by atoms with van der Waals surface area (Å²) in [6.07, 6.45) is 3.21. The predicted octanol–water partition coefficient (Wildman–Crippen LogP) is 1.43. The van der Waals surface area contributed by atoms with Crippen molar-refractivity contribution < 1.29 is 14.6 Å². The minimum absolute atomic E-state index is 0.120. The van der Waals surface area contributed by atoms with E-state index < -0.39 is 11.7 Å². The lowest BCUT2D eigenvalue weighted by Gasteiger charge is -2.35. The van der Waals surface area contributed by atoms with Crippen molar-refractivity contribution in [2.45, 2.75) is 70.7 Å². The van der Waals surface area contributed by atoms with Crippen LogP contribution in [0, 0.1) is 0 Å². The Morgan fingerprint density at radius 2 is 2.24 bits per heavy atom. The van der Waals surface area contributed by atoms with E-state index in [1.165, 1.54) is 0 Å². The van der Waals surface area contributed by atoms with Crippen LogP contribution < -0.4 is 5.32 Å². The number of hydrogen-bond acceptors (Lipinski definition) is 5. The number of aliphatic hydroxyl groups excluding tert-OH is 1. The fraction of sp³-hybridized carbons (Fsp3) is 0.786. The predicted molar refractivity (Wildman–Crippen MR) is 76.8 cm³/mol. The van der Waals surface area contributed by atoms with E-state index in [0.29, 0.717) is 6.42 Å². The highest BCUT2D eigenvalue weighted by Crippen LogP contribution is 2.31. The third kappa shape index (κ3) is 4.70. The maximum Gasteiger partial charge on any atom is 0.407 e. The first-order valence-corrected chi connectivity index (χ1v) is 7.31. The van der Waals surface area contributed by atoms with E-state index >= 15 is 0 Å². The third-order valence-electron chi connectivity index (χ3n) is 3.27. The number of hydrogen-bond donors (Lipinski definition) is 2. The number of carbonyl (C=O) groups is 1. The zero-order valence-corrected chi connectivity index (χ0v) is 13.0. The summed E-state index contributed by atoms with van der Waals surface area (Å²) in [4.78, 5) is 11.6. The summed E-state index contributed by atoms with van der Waals surface area (Å²) in [5.41, 5.74) is 0.309. The highest BCUT2D eigenvalue weighted by atomic mass is 16.6. The number of amides is 1. The fourth-order valence-electron chi connectivity index (χ4n) is 2.28. The van der Waals surface area contributed by atoms with Crippen molar-refractivity contribution in [2.75, 3.05) is 0 Å². The van der Waals surface area contributed by atoms with Gasteiger partial charge in [0.15, 0.2) is 0 Å². The van der Waals surface area contributed by atoms with Gasteiger partial charge in [-0.05, 0) is 40.5 Å². The lowest BCUT2D eigenvalue weighted by molar-refractivity contribution is 0.0452. The summed E-state index contributed by atoms with van der Waals surface area (Å²) in [6, 6.07) is 0.370. The number of nitrogens with zero attached hydrogens (tertiary/aromatic N) is 3. The largest absolute Gasteiger partial charge is 0.444 e. The highest BCUT2D eigenvalue weighted by molar-refractivity contribution is 5.68. The third-order valence-corrected chi connectivity index (χ3v) is 3.27. The van der Waals surface area contributed by atoms with E-state index in [0.717, 1.165) is 18.5 Å². The zero-order chi connectivity index (χ0) is 15.6. The maximum absolute atomic E-state index is 11.6. The van der Waals surface area contributed by atoms with E-state index in [4.69, 9.17) is 4.74 Å². The standard InChI is InChI=1S/C14H24N4O3/c1-9(19)5-11-8-18(17-16-11)12-6-10(7-12)15-13(20)21-14(2,3)4/h8-10,12,19H,5-7H2,1-4H3,(H,15,20)/t9-,10?,12?/m1/s1. The minimum Gasteiger partial charge on any atom is -0.444 e. The fourth-order valence-corrected chi connectivity index (χ4v) is 2.28. The molecule has 1 aromatic heterocycles. The molecule has 0 unspecified atom stereocenters. The smallest absolute Gasteiger partial charge is 0.407 e. The van der Waals surface area contributed by atoms with Gasteiger partial charge in [0.1, 0.15) is 5.60 Å². The first-order valence-electron chi connectivity index (χ1n) is 7.31. The van der Waals surface area contributed by atoms with Gasteiger partial charge in [0.25, 0.3) is 0 Å². The van der Waals surface area contributed by atoms with Crippen LogP contribution in [0.25, 0.3) is 0 Å². The molecule has 7 heteroatoms. The monoisotopic (exact) mass is 296 g/mol. The number of aromatic nitrogens is 3. The molecule has 1 aliphatic rings. The second kappa shape index (κ2) is 6.01. The molecule has 1 atom stereocenters. The Labute approximate surface area is 124 Å². The summed E-state index contributed by atoms with van der Waals surface area (Å²) in [5, 5.41) is 20.3. The molecule has 0 aromatic carbocycles. The average Bonchev–Trinajstić information content (AvgIpc) is 2.67. The van der Waals surface area contributed by atoms with Gasteiger partial charge in [0.2, 0.25) is 0 Å². The number of ether oxygens (including phenoxy) is 1. The quantitative estimate of drug-likeness (QED) is 0.877. The molecule has 118 valence electrons. The van der Waals surface area contributed by atoms with Gasteiger partial charge < -0.3 is 15.2 Å². The normalized spacial score (nSPS) is 23.3. The SMILES string of the molecule is C[C@@H](O)Cc1cn(C2CC(NC(=O)OC(C)(C)C)C2)nn1. The van der Waals surface area contributed by atoms with E-state index in [9.17, 15) is 9.90 Å². The molecule has 0 radical (unpaired) electrons.